The zero-order chi connectivity index (χ0) is 12.7. The molecule has 1 saturated heterocycles. The van der Waals surface area contributed by atoms with Crippen LogP contribution in [0, 0.1) is 12.8 Å². The summed E-state index contributed by atoms with van der Waals surface area (Å²) in [5.74, 6) is 0.457. The number of fused-ring (bicyclic) bond motifs is 1. The Balaban J connectivity index is 1.96. The molecular weight excluding hydrogens is 228 g/mol. The van der Waals surface area contributed by atoms with E-state index in [4.69, 9.17) is 9.15 Å². The Kier molecular flexibility index (Phi) is 2.71. The van der Waals surface area contributed by atoms with Crippen molar-refractivity contribution < 1.29 is 13.9 Å². The number of benzene rings is 1. The third-order valence-corrected chi connectivity index (χ3v) is 3.63. The highest BCUT2D eigenvalue weighted by molar-refractivity contribution is 5.99. The van der Waals surface area contributed by atoms with Crippen molar-refractivity contribution in [1.29, 1.82) is 0 Å². The number of aryl methyl sites for hydroxylation is 1. The second kappa shape index (κ2) is 4.25. The van der Waals surface area contributed by atoms with Gasteiger partial charge in [0.15, 0.2) is 5.76 Å². The van der Waals surface area contributed by atoms with Crippen LogP contribution in [0.4, 0.5) is 0 Å². The zero-order valence-electron chi connectivity index (χ0n) is 10.6. The van der Waals surface area contributed by atoms with Crippen LogP contribution in [-0.2, 0) is 4.74 Å². The van der Waals surface area contributed by atoms with E-state index in [1.54, 1.807) is 0 Å². The van der Waals surface area contributed by atoms with E-state index in [0.29, 0.717) is 12.4 Å². The highest BCUT2D eigenvalue weighted by Gasteiger charge is 2.33. The molecule has 18 heavy (non-hydrogen) atoms. The molecule has 1 aliphatic rings. The van der Waals surface area contributed by atoms with Gasteiger partial charge in [0.2, 0.25) is 5.78 Å². The molecular formula is C15H16O3. The first-order chi connectivity index (χ1) is 8.65. The lowest BCUT2D eigenvalue weighted by atomic mass is 9.96. The van der Waals surface area contributed by atoms with Gasteiger partial charge in [0.1, 0.15) is 5.58 Å². The maximum Gasteiger partial charge on any atom is 0.203 e. The first-order valence-electron chi connectivity index (χ1n) is 6.31. The van der Waals surface area contributed by atoms with Crippen molar-refractivity contribution in [3.05, 3.63) is 35.6 Å². The van der Waals surface area contributed by atoms with Gasteiger partial charge in [0, 0.05) is 12.0 Å². The molecule has 3 rings (SSSR count). The molecule has 94 valence electrons. The largest absolute Gasteiger partial charge is 0.453 e. The molecule has 2 heterocycles. The number of rotatable bonds is 2. The van der Waals surface area contributed by atoms with Crippen LogP contribution in [-0.4, -0.2) is 18.5 Å². The minimum Gasteiger partial charge on any atom is -0.453 e. The fraction of sp³-hybridized carbons (Fsp3) is 0.400. The van der Waals surface area contributed by atoms with Crippen molar-refractivity contribution in [3.63, 3.8) is 0 Å². The van der Waals surface area contributed by atoms with Gasteiger partial charge in [-0.3, -0.25) is 4.79 Å². The summed E-state index contributed by atoms with van der Waals surface area (Å²) < 4.78 is 11.1. The average molecular weight is 244 g/mol. The Morgan fingerprint density at radius 1 is 1.33 bits per heavy atom. The van der Waals surface area contributed by atoms with Crippen LogP contribution in [0.15, 0.2) is 28.7 Å². The van der Waals surface area contributed by atoms with Gasteiger partial charge < -0.3 is 9.15 Å². The SMILES string of the molecule is Cc1ccc2oc(C(=O)C3CCOC3C)cc2c1. The Morgan fingerprint density at radius 2 is 2.17 bits per heavy atom. The summed E-state index contributed by atoms with van der Waals surface area (Å²) in [5, 5.41) is 0.991. The molecule has 0 saturated carbocycles. The van der Waals surface area contributed by atoms with Crippen molar-refractivity contribution in [2.24, 2.45) is 5.92 Å². The zero-order valence-corrected chi connectivity index (χ0v) is 10.6. The molecule has 3 heteroatoms. The molecule has 1 aromatic carbocycles. The third-order valence-electron chi connectivity index (χ3n) is 3.63. The lowest BCUT2D eigenvalue weighted by Gasteiger charge is -2.10. The summed E-state index contributed by atoms with van der Waals surface area (Å²) in [5.41, 5.74) is 1.94. The van der Waals surface area contributed by atoms with Gasteiger partial charge in [0.25, 0.3) is 0 Å². The summed E-state index contributed by atoms with van der Waals surface area (Å²) in [6.07, 6.45) is 0.781. The van der Waals surface area contributed by atoms with Gasteiger partial charge in [-0.25, -0.2) is 0 Å². The molecule has 0 N–H and O–H groups in total. The van der Waals surface area contributed by atoms with Gasteiger partial charge >= 0.3 is 0 Å². The van der Waals surface area contributed by atoms with Crippen molar-refractivity contribution in [2.75, 3.05) is 6.61 Å². The Labute approximate surface area is 106 Å². The standard InChI is InChI=1S/C15H16O3/c1-9-3-4-13-11(7-9)8-14(18-13)15(16)12-5-6-17-10(12)2/h3-4,7-8,10,12H,5-6H2,1-2H3. The molecule has 0 amide bonds. The maximum atomic E-state index is 12.3. The number of carbonyl (C=O) groups is 1. The van der Waals surface area contributed by atoms with E-state index in [1.807, 2.05) is 38.1 Å². The van der Waals surface area contributed by atoms with E-state index in [9.17, 15) is 4.79 Å². The molecule has 2 unspecified atom stereocenters. The summed E-state index contributed by atoms with van der Waals surface area (Å²) in [6, 6.07) is 7.78. The van der Waals surface area contributed by atoms with Gasteiger partial charge in [0.05, 0.1) is 12.0 Å². The molecule has 0 aliphatic carbocycles. The maximum absolute atomic E-state index is 12.3. The van der Waals surface area contributed by atoms with Crippen LogP contribution in [0.3, 0.4) is 0 Å². The first kappa shape index (κ1) is 11.5. The van der Waals surface area contributed by atoms with Crippen molar-refractivity contribution in [1.82, 2.24) is 0 Å². The first-order valence-corrected chi connectivity index (χ1v) is 6.31. The second-order valence-corrected chi connectivity index (χ2v) is 4.99. The monoisotopic (exact) mass is 244 g/mol. The van der Waals surface area contributed by atoms with E-state index in [0.717, 1.165) is 17.4 Å². The molecule has 0 spiro atoms. The topological polar surface area (TPSA) is 39.4 Å². The minimum absolute atomic E-state index is 0.00699. The number of carbonyl (C=O) groups excluding carboxylic acids is 1. The summed E-state index contributed by atoms with van der Waals surface area (Å²) in [4.78, 5) is 12.3. The number of ether oxygens (including phenoxy) is 1. The van der Waals surface area contributed by atoms with Crippen LogP contribution in [0.25, 0.3) is 11.0 Å². The number of furan rings is 1. The van der Waals surface area contributed by atoms with E-state index in [1.165, 1.54) is 5.56 Å². The van der Waals surface area contributed by atoms with E-state index < -0.39 is 0 Å². The Morgan fingerprint density at radius 3 is 2.89 bits per heavy atom. The van der Waals surface area contributed by atoms with Gasteiger partial charge in [-0.05, 0) is 38.5 Å². The summed E-state index contributed by atoms with van der Waals surface area (Å²) >= 11 is 0. The Hall–Kier alpha value is -1.61. The van der Waals surface area contributed by atoms with Crippen molar-refractivity contribution >= 4 is 16.8 Å². The van der Waals surface area contributed by atoms with Crippen LogP contribution < -0.4 is 0 Å². The summed E-state index contributed by atoms with van der Waals surface area (Å²) in [7, 11) is 0. The fourth-order valence-electron chi connectivity index (χ4n) is 2.54. The number of hydrogen-bond acceptors (Lipinski definition) is 3. The van der Waals surface area contributed by atoms with Gasteiger partial charge in [-0.15, -0.1) is 0 Å². The molecule has 2 aromatic rings. The molecule has 1 aromatic heterocycles. The molecule has 1 aliphatic heterocycles. The lowest BCUT2D eigenvalue weighted by molar-refractivity contribution is 0.0742. The van der Waals surface area contributed by atoms with Crippen LogP contribution in [0.5, 0.6) is 0 Å². The predicted octanol–water partition coefficient (Wildman–Crippen LogP) is 3.35. The molecule has 2 atom stereocenters. The second-order valence-electron chi connectivity index (χ2n) is 4.99. The molecule has 1 fully saturated rings. The third kappa shape index (κ3) is 1.85. The molecule has 3 nitrogen and oxygen atoms in total. The number of ketones is 1. The van der Waals surface area contributed by atoms with Crippen LogP contribution in [0.2, 0.25) is 0 Å². The van der Waals surface area contributed by atoms with Crippen LogP contribution >= 0.6 is 0 Å². The highest BCUT2D eigenvalue weighted by Crippen LogP contribution is 2.28. The Bertz CT molecular complexity index is 597. The minimum atomic E-state index is -0.0633. The normalized spacial score (nSPS) is 23.7. The number of hydrogen-bond donors (Lipinski definition) is 0. The summed E-state index contributed by atoms with van der Waals surface area (Å²) in [6.45, 7) is 4.64. The fourth-order valence-corrected chi connectivity index (χ4v) is 2.54. The smallest absolute Gasteiger partial charge is 0.203 e. The lowest BCUT2D eigenvalue weighted by Crippen LogP contribution is -2.21. The van der Waals surface area contributed by atoms with Crippen LogP contribution in [0.1, 0.15) is 29.5 Å². The molecule has 0 bridgehead atoms. The predicted molar refractivity (Wildman–Crippen MR) is 68.8 cm³/mol. The highest BCUT2D eigenvalue weighted by atomic mass is 16.5. The number of Topliss-reactive ketones (excluding diaryl/α,β-unsaturated/α-hetero) is 1. The van der Waals surface area contributed by atoms with Gasteiger partial charge in [-0.2, -0.15) is 0 Å². The quantitative estimate of drug-likeness (QED) is 0.760. The van der Waals surface area contributed by atoms with Crippen molar-refractivity contribution in [2.45, 2.75) is 26.4 Å². The average Bonchev–Trinajstić information content (AvgIpc) is 2.93. The van der Waals surface area contributed by atoms with E-state index in [2.05, 4.69) is 0 Å². The van der Waals surface area contributed by atoms with Gasteiger partial charge in [-0.1, -0.05) is 11.6 Å². The van der Waals surface area contributed by atoms with Crippen molar-refractivity contribution in [3.8, 4) is 0 Å². The van der Waals surface area contributed by atoms with E-state index >= 15 is 0 Å². The van der Waals surface area contributed by atoms with E-state index in [-0.39, 0.29) is 17.8 Å². The molecule has 0 radical (unpaired) electrons.